The topological polar surface area (TPSA) is 32.8 Å². The van der Waals surface area contributed by atoms with Gasteiger partial charge in [0.25, 0.3) is 0 Å². The van der Waals surface area contributed by atoms with Gasteiger partial charge in [-0.3, -0.25) is 4.79 Å². The molecule has 5 heteroatoms. The fourth-order valence-electron chi connectivity index (χ4n) is 4.39. The Hall–Kier alpha value is -1.10. The number of nitrogens with zero attached hydrogens (tertiary/aromatic N) is 2. The van der Waals surface area contributed by atoms with Crippen molar-refractivity contribution in [1.29, 1.82) is 0 Å². The quantitative estimate of drug-likeness (QED) is 0.837. The average molecular weight is 351 g/mol. The third-order valence-electron chi connectivity index (χ3n) is 5.73. The molecule has 2 fully saturated rings. The monoisotopic (exact) mass is 350 g/mol. The van der Waals surface area contributed by atoms with Crippen molar-refractivity contribution in [2.45, 2.75) is 19.3 Å². The van der Waals surface area contributed by atoms with Crippen LogP contribution in [0.3, 0.4) is 0 Å². The third-order valence-corrected chi connectivity index (χ3v) is 5.98. The number of piperidine rings is 1. The first-order chi connectivity index (χ1) is 11.5. The first-order valence-corrected chi connectivity index (χ1v) is 9.10. The zero-order valence-corrected chi connectivity index (χ0v) is 15.4. The number of hydrogen-bond acceptors (Lipinski definition) is 3. The van der Waals surface area contributed by atoms with E-state index in [1.807, 2.05) is 29.2 Å². The maximum Gasteiger partial charge on any atom is 0.226 e. The van der Waals surface area contributed by atoms with E-state index in [-0.39, 0.29) is 5.91 Å². The van der Waals surface area contributed by atoms with Gasteiger partial charge in [0, 0.05) is 44.2 Å². The SMILES string of the molecule is COC[C@H]1CN(C)CC12CCN(C(=O)Cc1ccc(Cl)cc1)CC2. The van der Waals surface area contributed by atoms with Crippen LogP contribution in [-0.2, 0) is 16.0 Å². The summed E-state index contributed by atoms with van der Waals surface area (Å²) in [5, 5.41) is 0.709. The highest BCUT2D eigenvalue weighted by Gasteiger charge is 2.47. The predicted octanol–water partition coefficient (Wildman–Crippen LogP) is 2.70. The molecule has 1 spiro atoms. The highest BCUT2D eigenvalue weighted by atomic mass is 35.5. The molecule has 2 aliphatic heterocycles. The number of likely N-dealkylation sites (tertiary alicyclic amines) is 2. The Kier molecular flexibility index (Phi) is 5.48. The van der Waals surface area contributed by atoms with Crippen LogP contribution in [0.4, 0.5) is 0 Å². The van der Waals surface area contributed by atoms with Crippen molar-refractivity contribution in [3.05, 3.63) is 34.9 Å². The minimum atomic E-state index is 0.224. The molecule has 1 amide bonds. The van der Waals surface area contributed by atoms with Gasteiger partial charge in [0.1, 0.15) is 0 Å². The Labute approximate surface area is 149 Å². The summed E-state index contributed by atoms with van der Waals surface area (Å²) in [6, 6.07) is 7.57. The zero-order valence-electron chi connectivity index (χ0n) is 14.6. The van der Waals surface area contributed by atoms with Gasteiger partial charge in [0.05, 0.1) is 13.0 Å². The van der Waals surface area contributed by atoms with Crippen LogP contribution >= 0.6 is 11.6 Å². The number of halogens is 1. The van der Waals surface area contributed by atoms with E-state index in [1.54, 1.807) is 7.11 Å². The normalized spacial score (nSPS) is 23.8. The predicted molar refractivity (Wildman–Crippen MR) is 96.3 cm³/mol. The van der Waals surface area contributed by atoms with Gasteiger partial charge in [-0.25, -0.2) is 0 Å². The molecule has 2 aliphatic rings. The molecule has 24 heavy (non-hydrogen) atoms. The highest BCUT2D eigenvalue weighted by Crippen LogP contribution is 2.44. The molecular formula is C19H27ClN2O2. The Bertz CT molecular complexity index is 567. The van der Waals surface area contributed by atoms with Crippen LogP contribution in [0, 0.1) is 11.3 Å². The maximum absolute atomic E-state index is 12.6. The molecule has 0 bridgehead atoms. The van der Waals surface area contributed by atoms with Gasteiger partial charge in [-0.2, -0.15) is 0 Å². The van der Waals surface area contributed by atoms with E-state index in [1.165, 1.54) is 0 Å². The lowest BCUT2D eigenvalue weighted by Gasteiger charge is -2.42. The van der Waals surface area contributed by atoms with Crippen molar-refractivity contribution in [2.75, 3.05) is 46.9 Å². The van der Waals surface area contributed by atoms with Gasteiger partial charge in [0.15, 0.2) is 0 Å². The summed E-state index contributed by atoms with van der Waals surface area (Å²) >= 11 is 5.91. The number of rotatable bonds is 4. The molecule has 0 unspecified atom stereocenters. The molecule has 1 aromatic carbocycles. The summed E-state index contributed by atoms with van der Waals surface area (Å²) in [5.74, 6) is 0.808. The Morgan fingerprint density at radius 3 is 2.58 bits per heavy atom. The van der Waals surface area contributed by atoms with Crippen molar-refractivity contribution < 1.29 is 9.53 Å². The summed E-state index contributed by atoms with van der Waals surface area (Å²) in [5.41, 5.74) is 1.35. The fourth-order valence-corrected chi connectivity index (χ4v) is 4.51. The van der Waals surface area contributed by atoms with E-state index >= 15 is 0 Å². The highest BCUT2D eigenvalue weighted by molar-refractivity contribution is 6.30. The van der Waals surface area contributed by atoms with Crippen molar-refractivity contribution in [3.63, 3.8) is 0 Å². The summed E-state index contributed by atoms with van der Waals surface area (Å²) in [4.78, 5) is 17.0. The molecule has 1 atom stereocenters. The zero-order chi connectivity index (χ0) is 17.2. The first-order valence-electron chi connectivity index (χ1n) is 8.72. The molecule has 4 nitrogen and oxygen atoms in total. The molecule has 1 aromatic rings. The van der Waals surface area contributed by atoms with Crippen molar-refractivity contribution in [1.82, 2.24) is 9.80 Å². The largest absolute Gasteiger partial charge is 0.384 e. The Balaban J connectivity index is 1.58. The van der Waals surface area contributed by atoms with Crippen LogP contribution in [0.25, 0.3) is 0 Å². The van der Waals surface area contributed by atoms with E-state index in [0.717, 1.165) is 51.2 Å². The fraction of sp³-hybridized carbons (Fsp3) is 0.632. The number of methoxy groups -OCH3 is 1. The van der Waals surface area contributed by atoms with Crippen LogP contribution in [-0.4, -0.2) is 62.7 Å². The van der Waals surface area contributed by atoms with Crippen LogP contribution in [0.15, 0.2) is 24.3 Å². The second-order valence-corrected chi connectivity index (χ2v) is 7.83. The van der Waals surface area contributed by atoms with Gasteiger partial charge >= 0.3 is 0 Å². The summed E-state index contributed by atoms with van der Waals surface area (Å²) in [7, 11) is 3.98. The van der Waals surface area contributed by atoms with Crippen LogP contribution in [0.1, 0.15) is 18.4 Å². The van der Waals surface area contributed by atoms with E-state index in [9.17, 15) is 4.79 Å². The second-order valence-electron chi connectivity index (χ2n) is 7.40. The van der Waals surface area contributed by atoms with E-state index in [2.05, 4.69) is 11.9 Å². The number of amides is 1. The molecule has 0 aromatic heterocycles. The van der Waals surface area contributed by atoms with E-state index in [0.29, 0.717) is 22.8 Å². The lowest BCUT2D eigenvalue weighted by molar-refractivity contribution is -0.133. The second kappa shape index (κ2) is 7.42. The van der Waals surface area contributed by atoms with Gasteiger partial charge < -0.3 is 14.5 Å². The van der Waals surface area contributed by atoms with Crippen LogP contribution in [0.2, 0.25) is 5.02 Å². The lowest BCUT2D eigenvalue weighted by atomic mass is 9.71. The number of hydrogen-bond donors (Lipinski definition) is 0. The average Bonchev–Trinajstić information content (AvgIpc) is 2.86. The Morgan fingerprint density at radius 1 is 1.29 bits per heavy atom. The molecule has 0 radical (unpaired) electrons. The number of carbonyl (C=O) groups excluding carboxylic acids is 1. The van der Waals surface area contributed by atoms with Crippen molar-refractivity contribution >= 4 is 17.5 Å². The first kappa shape index (κ1) is 17.7. The summed E-state index contributed by atoms with van der Waals surface area (Å²) in [6.07, 6.45) is 2.63. The third kappa shape index (κ3) is 3.76. The molecule has 2 saturated heterocycles. The molecule has 0 N–H and O–H groups in total. The number of benzene rings is 1. The van der Waals surface area contributed by atoms with Gasteiger partial charge in [-0.1, -0.05) is 23.7 Å². The van der Waals surface area contributed by atoms with E-state index < -0.39 is 0 Å². The standard InChI is InChI=1S/C19H27ClN2O2/c1-21-12-16(13-24-2)19(14-21)7-9-22(10-8-19)18(23)11-15-3-5-17(20)6-4-15/h3-6,16H,7-14H2,1-2H3/t16-/m1/s1. The maximum atomic E-state index is 12.6. The minimum Gasteiger partial charge on any atom is -0.384 e. The van der Waals surface area contributed by atoms with Crippen molar-refractivity contribution in [3.8, 4) is 0 Å². The van der Waals surface area contributed by atoms with Gasteiger partial charge in [-0.15, -0.1) is 0 Å². The molecule has 132 valence electrons. The molecule has 3 rings (SSSR count). The number of ether oxygens (including phenoxy) is 1. The lowest BCUT2D eigenvalue weighted by Crippen LogP contribution is -2.47. The van der Waals surface area contributed by atoms with Crippen molar-refractivity contribution in [2.24, 2.45) is 11.3 Å². The van der Waals surface area contributed by atoms with Gasteiger partial charge in [-0.05, 0) is 43.0 Å². The summed E-state index contributed by atoms with van der Waals surface area (Å²) in [6.45, 7) is 4.77. The molecule has 0 saturated carbocycles. The molecule has 2 heterocycles. The minimum absolute atomic E-state index is 0.224. The van der Waals surface area contributed by atoms with Crippen LogP contribution < -0.4 is 0 Å². The van der Waals surface area contributed by atoms with Crippen LogP contribution in [0.5, 0.6) is 0 Å². The number of carbonyl (C=O) groups is 1. The summed E-state index contributed by atoms with van der Waals surface area (Å²) < 4.78 is 5.45. The van der Waals surface area contributed by atoms with Gasteiger partial charge in [0.2, 0.25) is 5.91 Å². The smallest absolute Gasteiger partial charge is 0.226 e. The molecular weight excluding hydrogens is 324 g/mol. The Morgan fingerprint density at radius 2 is 1.96 bits per heavy atom. The van der Waals surface area contributed by atoms with E-state index in [4.69, 9.17) is 16.3 Å². The molecule has 0 aliphatic carbocycles.